The molecule has 0 aliphatic heterocycles. The van der Waals surface area contributed by atoms with Gasteiger partial charge >= 0.3 is 0 Å². The number of halogens is 1. The number of hydrogen-bond acceptors (Lipinski definition) is 2. The van der Waals surface area contributed by atoms with Crippen LogP contribution >= 0.6 is 11.6 Å². The quantitative estimate of drug-likeness (QED) is 0.902. The predicted octanol–water partition coefficient (Wildman–Crippen LogP) is 3.39. The monoisotopic (exact) mass is 275 g/mol. The van der Waals surface area contributed by atoms with Gasteiger partial charge < -0.3 is 10.4 Å². The van der Waals surface area contributed by atoms with Gasteiger partial charge in [-0.25, -0.2) is 0 Å². The molecule has 19 heavy (non-hydrogen) atoms. The number of aryl methyl sites for hydroxylation is 1. The van der Waals surface area contributed by atoms with E-state index in [1.54, 1.807) is 42.5 Å². The first kappa shape index (κ1) is 13.6. The minimum atomic E-state index is -0.191. The van der Waals surface area contributed by atoms with E-state index in [4.69, 9.17) is 16.7 Å². The van der Waals surface area contributed by atoms with Gasteiger partial charge in [0.2, 0.25) is 0 Å². The topological polar surface area (TPSA) is 49.3 Å². The average Bonchev–Trinajstić information content (AvgIpc) is 2.38. The van der Waals surface area contributed by atoms with Crippen molar-refractivity contribution in [3.63, 3.8) is 0 Å². The number of nitrogens with one attached hydrogen (secondary N) is 1. The standard InChI is InChI=1S/C15H14ClNO2/c1-10-7-12(16)5-6-14(10)15(19)17-13-4-2-3-11(8-13)9-18/h2-8,18H,9H2,1H3,(H,17,19). The fourth-order valence-corrected chi connectivity index (χ4v) is 2.05. The second-order valence-corrected chi connectivity index (χ2v) is 4.71. The molecule has 0 aromatic heterocycles. The third-order valence-electron chi connectivity index (χ3n) is 2.80. The van der Waals surface area contributed by atoms with Crippen molar-refractivity contribution in [1.29, 1.82) is 0 Å². The van der Waals surface area contributed by atoms with Crippen LogP contribution in [0.3, 0.4) is 0 Å². The first-order valence-electron chi connectivity index (χ1n) is 5.87. The van der Waals surface area contributed by atoms with Gasteiger partial charge in [-0.2, -0.15) is 0 Å². The zero-order chi connectivity index (χ0) is 13.8. The molecule has 1 amide bonds. The summed E-state index contributed by atoms with van der Waals surface area (Å²) >= 11 is 5.86. The van der Waals surface area contributed by atoms with Gasteiger partial charge in [-0.05, 0) is 48.4 Å². The minimum Gasteiger partial charge on any atom is -0.392 e. The van der Waals surface area contributed by atoms with Crippen LogP contribution in [0, 0.1) is 6.92 Å². The van der Waals surface area contributed by atoms with Crippen LogP contribution in [0.5, 0.6) is 0 Å². The highest BCUT2D eigenvalue weighted by Crippen LogP contribution is 2.17. The summed E-state index contributed by atoms with van der Waals surface area (Å²) in [4.78, 5) is 12.1. The Kier molecular flexibility index (Phi) is 4.20. The number of rotatable bonds is 3. The van der Waals surface area contributed by atoms with Gasteiger partial charge in [0, 0.05) is 16.3 Å². The molecule has 98 valence electrons. The highest BCUT2D eigenvalue weighted by atomic mass is 35.5. The van der Waals surface area contributed by atoms with Crippen molar-refractivity contribution in [3.05, 3.63) is 64.2 Å². The molecule has 0 aliphatic carbocycles. The number of anilines is 1. The van der Waals surface area contributed by atoms with E-state index in [0.29, 0.717) is 16.3 Å². The van der Waals surface area contributed by atoms with Crippen LogP contribution in [-0.2, 0) is 6.61 Å². The largest absolute Gasteiger partial charge is 0.392 e. The molecule has 2 aromatic carbocycles. The Morgan fingerprint density at radius 1 is 1.26 bits per heavy atom. The molecule has 0 saturated heterocycles. The second kappa shape index (κ2) is 5.87. The van der Waals surface area contributed by atoms with Crippen molar-refractivity contribution in [1.82, 2.24) is 0 Å². The lowest BCUT2D eigenvalue weighted by molar-refractivity contribution is 0.102. The molecule has 0 spiro atoms. The summed E-state index contributed by atoms with van der Waals surface area (Å²) in [5.41, 5.74) is 2.82. The number of amides is 1. The van der Waals surface area contributed by atoms with Crippen molar-refractivity contribution in [3.8, 4) is 0 Å². The number of carbonyl (C=O) groups excluding carboxylic acids is 1. The van der Waals surface area contributed by atoms with Gasteiger partial charge in [-0.3, -0.25) is 4.79 Å². The van der Waals surface area contributed by atoms with Gasteiger partial charge in [0.05, 0.1) is 6.61 Å². The highest BCUT2D eigenvalue weighted by molar-refractivity contribution is 6.30. The Morgan fingerprint density at radius 3 is 2.74 bits per heavy atom. The van der Waals surface area contributed by atoms with Crippen LogP contribution in [0.25, 0.3) is 0 Å². The number of benzene rings is 2. The first-order valence-corrected chi connectivity index (χ1v) is 6.25. The van der Waals surface area contributed by atoms with Gasteiger partial charge in [0.25, 0.3) is 5.91 Å². The molecule has 0 bridgehead atoms. The third-order valence-corrected chi connectivity index (χ3v) is 3.04. The molecule has 4 heteroatoms. The summed E-state index contributed by atoms with van der Waals surface area (Å²) in [7, 11) is 0. The Morgan fingerprint density at radius 2 is 2.05 bits per heavy atom. The van der Waals surface area contributed by atoms with E-state index < -0.39 is 0 Å². The maximum absolute atomic E-state index is 12.1. The molecular formula is C15H14ClNO2. The van der Waals surface area contributed by atoms with Gasteiger partial charge in [-0.15, -0.1) is 0 Å². The molecule has 0 atom stereocenters. The Bertz CT molecular complexity index is 611. The molecule has 3 nitrogen and oxygen atoms in total. The lowest BCUT2D eigenvalue weighted by atomic mass is 10.1. The molecule has 0 saturated carbocycles. The first-order chi connectivity index (χ1) is 9.10. The molecule has 0 heterocycles. The van der Waals surface area contributed by atoms with Gasteiger partial charge in [-0.1, -0.05) is 23.7 Å². The molecule has 0 aliphatic rings. The van der Waals surface area contributed by atoms with Crippen LogP contribution in [0.1, 0.15) is 21.5 Å². The lowest BCUT2D eigenvalue weighted by Crippen LogP contribution is -2.13. The summed E-state index contributed by atoms with van der Waals surface area (Å²) in [6.45, 7) is 1.79. The maximum atomic E-state index is 12.1. The molecule has 2 N–H and O–H groups in total. The molecule has 0 fully saturated rings. The molecule has 0 radical (unpaired) electrons. The van der Waals surface area contributed by atoms with E-state index >= 15 is 0 Å². The average molecular weight is 276 g/mol. The molecule has 2 aromatic rings. The fraction of sp³-hybridized carbons (Fsp3) is 0.133. The molecular weight excluding hydrogens is 262 g/mol. The van der Waals surface area contributed by atoms with Crippen molar-refractivity contribution in [2.45, 2.75) is 13.5 Å². The number of aliphatic hydroxyl groups is 1. The number of aliphatic hydroxyl groups excluding tert-OH is 1. The lowest BCUT2D eigenvalue weighted by Gasteiger charge is -2.09. The zero-order valence-corrected chi connectivity index (χ0v) is 11.2. The summed E-state index contributed by atoms with van der Waals surface area (Å²) < 4.78 is 0. The van der Waals surface area contributed by atoms with E-state index in [1.165, 1.54) is 0 Å². The summed E-state index contributed by atoms with van der Waals surface area (Å²) in [6, 6.07) is 12.2. The van der Waals surface area contributed by atoms with Crippen LogP contribution in [0.2, 0.25) is 5.02 Å². The van der Waals surface area contributed by atoms with Crippen molar-refractivity contribution >= 4 is 23.2 Å². The maximum Gasteiger partial charge on any atom is 0.255 e. The zero-order valence-electron chi connectivity index (χ0n) is 10.5. The van der Waals surface area contributed by atoms with E-state index in [9.17, 15) is 4.79 Å². The Labute approximate surface area is 116 Å². The van der Waals surface area contributed by atoms with Gasteiger partial charge in [0.1, 0.15) is 0 Å². The third kappa shape index (κ3) is 3.34. The fourth-order valence-electron chi connectivity index (χ4n) is 1.83. The SMILES string of the molecule is Cc1cc(Cl)ccc1C(=O)Nc1cccc(CO)c1. The van der Waals surface area contributed by atoms with E-state index in [-0.39, 0.29) is 12.5 Å². The van der Waals surface area contributed by atoms with E-state index in [2.05, 4.69) is 5.32 Å². The van der Waals surface area contributed by atoms with Crippen molar-refractivity contribution in [2.24, 2.45) is 0 Å². The van der Waals surface area contributed by atoms with Gasteiger partial charge in [0.15, 0.2) is 0 Å². The number of hydrogen-bond donors (Lipinski definition) is 2. The van der Waals surface area contributed by atoms with Crippen LogP contribution < -0.4 is 5.32 Å². The smallest absolute Gasteiger partial charge is 0.255 e. The summed E-state index contributed by atoms with van der Waals surface area (Å²) in [6.07, 6.45) is 0. The van der Waals surface area contributed by atoms with Crippen LogP contribution in [0.15, 0.2) is 42.5 Å². The highest BCUT2D eigenvalue weighted by Gasteiger charge is 2.09. The van der Waals surface area contributed by atoms with E-state index in [1.807, 2.05) is 6.92 Å². The number of carbonyl (C=O) groups is 1. The van der Waals surface area contributed by atoms with Crippen molar-refractivity contribution in [2.75, 3.05) is 5.32 Å². The minimum absolute atomic E-state index is 0.0519. The van der Waals surface area contributed by atoms with Crippen molar-refractivity contribution < 1.29 is 9.90 Å². The van der Waals surface area contributed by atoms with Crippen LogP contribution in [-0.4, -0.2) is 11.0 Å². The predicted molar refractivity (Wildman–Crippen MR) is 76.5 cm³/mol. The summed E-state index contributed by atoms with van der Waals surface area (Å²) in [5, 5.41) is 12.5. The Hall–Kier alpha value is -1.84. The molecule has 2 rings (SSSR count). The second-order valence-electron chi connectivity index (χ2n) is 4.27. The normalized spacial score (nSPS) is 10.3. The van der Waals surface area contributed by atoms with E-state index in [0.717, 1.165) is 11.1 Å². The van der Waals surface area contributed by atoms with Crippen LogP contribution in [0.4, 0.5) is 5.69 Å². The Balaban J connectivity index is 2.20. The summed E-state index contributed by atoms with van der Waals surface area (Å²) in [5.74, 6) is -0.191. The molecule has 0 unspecified atom stereocenters.